The number of amides is 1. The van der Waals surface area contributed by atoms with E-state index in [1.165, 1.54) is 24.1 Å². The number of rotatable bonds is 3. The molecule has 0 bridgehead atoms. The van der Waals surface area contributed by atoms with Crippen molar-refractivity contribution in [1.29, 1.82) is 0 Å². The van der Waals surface area contributed by atoms with E-state index in [0.29, 0.717) is 5.91 Å². The van der Waals surface area contributed by atoms with Gasteiger partial charge in [0.2, 0.25) is 5.91 Å². The second-order valence-electron chi connectivity index (χ2n) is 5.70. The van der Waals surface area contributed by atoms with E-state index in [-0.39, 0.29) is 11.7 Å². The number of hydrogen-bond donors (Lipinski definition) is 1. The number of nitrogens with one attached hydrogen (secondary N) is 1. The zero-order chi connectivity index (χ0) is 13.3. The van der Waals surface area contributed by atoms with Crippen LogP contribution in [-0.2, 0) is 4.79 Å². The average Bonchev–Trinajstić information content (AvgIpc) is 3.03. The topological polar surface area (TPSA) is 32.3 Å². The minimum atomic E-state index is -0.262. The van der Waals surface area contributed by atoms with Gasteiger partial charge in [-0.05, 0) is 30.7 Å². The molecule has 1 saturated heterocycles. The van der Waals surface area contributed by atoms with Crippen LogP contribution in [0.2, 0.25) is 0 Å². The molecule has 1 atom stereocenters. The van der Waals surface area contributed by atoms with Gasteiger partial charge in [0.1, 0.15) is 6.17 Å². The summed E-state index contributed by atoms with van der Waals surface area (Å²) in [5.41, 5.74) is -0.262. The Bertz CT molecular complexity index is 437. The Morgan fingerprint density at radius 3 is 2.84 bits per heavy atom. The van der Waals surface area contributed by atoms with Crippen molar-refractivity contribution in [1.82, 2.24) is 10.2 Å². The Morgan fingerprint density at radius 1 is 1.42 bits per heavy atom. The third-order valence-electron chi connectivity index (χ3n) is 4.38. The third-order valence-corrected chi connectivity index (χ3v) is 5.30. The van der Waals surface area contributed by atoms with Crippen molar-refractivity contribution in [2.75, 3.05) is 6.54 Å². The van der Waals surface area contributed by atoms with E-state index >= 15 is 0 Å². The fraction of sp³-hybridized carbons (Fsp3) is 0.667. The van der Waals surface area contributed by atoms with Crippen molar-refractivity contribution < 1.29 is 4.79 Å². The van der Waals surface area contributed by atoms with Gasteiger partial charge < -0.3 is 4.90 Å². The molecule has 1 unspecified atom stereocenters. The molecule has 2 fully saturated rings. The lowest BCUT2D eigenvalue weighted by molar-refractivity contribution is -0.134. The van der Waals surface area contributed by atoms with Gasteiger partial charge in [-0.1, -0.05) is 32.3 Å². The molecule has 104 valence electrons. The van der Waals surface area contributed by atoms with Crippen molar-refractivity contribution in [3.63, 3.8) is 0 Å². The molecule has 19 heavy (non-hydrogen) atoms. The molecule has 3 nitrogen and oxygen atoms in total. The summed E-state index contributed by atoms with van der Waals surface area (Å²) in [6.45, 7) is 3.00. The first-order valence-electron chi connectivity index (χ1n) is 7.39. The molecular weight excluding hydrogens is 256 g/mol. The largest absolute Gasteiger partial charge is 0.320 e. The van der Waals surface area contributed by atoms with Crippen LogP contribution in [0.1, 0.15) is 56.5 Å². The average molecular weight is 278 g/mol. The Balaban J connectivity index is 1.89. The number of carbonyl (C=O) groups excluding carboxylic acids is 1. The molecule has 1 amide bonds. The smallest absolute Gasteiger partial charge is 0.244 e. The van der Waals surface area contributed by atoms with Crippen molar-refractivity contribution in [3.05, 3.63) is 22.4 Å². The van der Waals surface area contributed by atoms with Gasteiger partial charge in [0, 0.05) is 11.4 Å². The molecule has 1 saturated carbocycles. The van der Waals surface area contributed by atoms with Gasteiger partial charge in [-0.3, -0.25) is 10.1 Å². The molecule has 4 heteroatoms. The highest BCUT2D eigenvalue weighted by molar-refractivity contribution is 7.10. The Hall–Kier alpha value is -0.870. The van der Waals surface area contributed by atoms with E-state index in [9.17, 15) is 4.79 Å². The summed E-state index contributed by atoms with van der Waals surface area (Å²) in [6.07, 6.45) is 6.76. The summed E-state index contributed by atoms with van der Waals surface area (Å²) < 4.78 is 0. The summed E-state index contributed by atoms with van der Waals surface area (Å²) in [5, 5.41) is 5.77. The minimum Gasteiger partial charge on any atom is -0.320 e. The lowest BCUT2D eigenvalue weighted by Crippen LogP contribution is -2.48. The van der Waals surface area contributed by atoms with Gasteiger partial charge in [0.25, 0.3) is 0 Å². The fourth-order valence-electron chi connectivity index (χ4n) is 3.45. The summed E-state index contributed by atoms with van der Waals surface area (Å²) in [7, 11) is 0. The second-order valence-corrected chi connectivity index (χ2v) is 6.68. The fourth-order valence-corrected chi connectivity index (χ4v) is 4.24. The molecule has 2 heterocycles. The summed E-state index contributed by atoms with van der Waals surface area (Å²) in [6, 6.07) is 4.21. The SMILES string of the molecule is CCCN1C(=O)C2(CCCCC2)NC1c1cccs1. The Labute approximate surface area is 119 Å². The third kappa shape index (κ3) is 2.21. The maximum absolute atomic E-state index is 12.8. The molecule has 1 aliphatic heterocycles. The highest BCUT2D eigenvalue weighted by Gasteiger charge is 2.51. The lowest BCUT2D eigenvalue weighted by Gasteiger charge is -2.31. The normalized spacial score (nSPS) is 26.3. The molecule has 0 aromatic carbocycles. The Kier molecular flexibility index (Phi) is 3.63. The molecule has 3 rings (SSSR count). The van der Waals surface area contributed by atoms with E-state index in [1.54, 1.807) is 11.3 Å². The van der Waals surface area contributed by atoms with Crippen LogP contribution in [0.4, 0.5) is 0 Å². The zero-order valence-electron chi connectivity index (χ0n) is 11.5. The van der Waals surface area contributed by atoms with Gasteiger partial charge in [0.15, 0.2) is 0 Å². The van der Waals surface area contributed by atoms with E-state index in [2.05, 4.69) is 34.7 Å². The number of hydrogen-bond acceptors (Lipinski definition) is 3. The van der Waals surface area contributed by atoms with Crippen LogP contribution < -0.4 is 5.32 Å². The van der Waals surface area contributed by atoms with Crippen LogP contribution in [0, 0.1) is 0 Å². The standard InChI is InChI=1S/C15H22N2OS/c1-2-10-17-13(12-7-6-11-19-12)16-15(14(17)18)8-4-3-5-9-15/h6-7,11,13,16H,2-5,8-10H2,1H3. The van der Waals surface area contributed by atoms with Crippen LogP contribution in [0.5, 0.6) is 0 Å². The molecule has 1 spiro atoms. The van der Waals surface area contributed by atoms with E-state index in [4.69, 9.17) is 0 Å². The van der Waals surface area contributed by atoms with Crippen LogP contribution >= 0.6 is 11.3 Å². The molecule has 1 aromatic heterocycles. The Morgan fingerprint density at radius 2 is 2.21 bits per heavy atom. The number of carbonyl (C=O) groups is 1. The van der Waals surface area contributed by atoms with Crippen LogP contribution in [0.15, 0.2) is 17.5 Å². The van der Waals surface area contributed by atoms with Crippen LogP contribution in [0.25, 0.3) is 0 Å². The minimum absolute atomic E-state index is 0.102. The quantitative estimate of drug-likeness (QED) is 0.920. The summed E-state index contributed by atoms with van der Waals surface area (Å²) in [5.74, 6) is 0.340. The monoisotopic (exact) mass is 278 g/mol. The van der Waals surface area contributed by atoms with Gasteiger partial charge in [0.05, 0.1) is 5.54 Å². The second kappa shape index (κ2) is 5.25. The molecule has 0 radical (unpaired) electrons. The molecule has 1 aliphatic carbocycles. The number of nitrogens with zero attached hydrogens (tertiary/aromatic N) is 1. The maximum atomic E-state index is 12.8. The number of thiophene rings is 1. The van der Waals surface area contributed by atoms with Crippen LogP contribution in [0.3, 0.4) is 0 Å². The first-order chi connectivity index (χ1) is 9.27. The highest BCUT2D eigenvalue weighted by atomic mass is 32.1. The summed E-state index contributed by atoms with van der Waals surface area (Å²) >= 11 is 1.74. The van der Waals surface area contributed by atoms with E-state index in [0.717, 1.165) is 25.8 Å². The van der Waals surface area contributed by atoms with Gasteiger partial charge in [-0.2, -0.15) is 0 Å². The first kappa shape index (κ1) is 13.1. The first-order valence-corrected chi connectivity index (χ1v) is 8.27. The van der Waals surface area contributed by atoms with Crippen molar-refractivity contribution in [3.8, 4) is 0 Å². The lowest BCUT2D eigenvalue weighted by atomic mass is 9.81. The van der Waals surface area contributed by atoms with Crippen LogP contribution in [-0.4, -0.2) is 22.9 Å². The zero-order valence-corrected chi connectivity index (χ0v) is 12.3. The molecular formula is C15H22N2OS. The maximum Gasteiger partial charge on any atom is 0.244 e. The van der Waals surface area contributed by atoms with Gasteiger partial charge in [-0.15, -0.1) is 11.3 Å². The van der Waals surface area contributed by atoms with Crippen molar-refractivity contribution in [2.45, 2.75) is 57.2 Å². The van der Waals surface area contributed by atoms with E-state index in [1.807, 2.05) is 0 Å². The van der Waals surface area contributed by atoms with E-state index < -0.39 is 0 Å². The predicted octanol–water partition coefficient (Wildman–Crippen LogP) is 3.29. The highest BCUT2D eigenvalue weighted by Crippen LogP contribution is 2.40. The molecule has 2 aliphatic rings. The summed E-state index contributed by atoms with van der Waals surface area (Å²) in [4.78, 5) is 16.2. The van der Waals surface area contributed by atoms with Crippen molar-refractivity contribution >= 4 is 17.2 Å². The van der Waals surface area contributed by atoms with Gasteiger partial charge >= 0.3 is 0 Å². The van der Waals surface area contributed by atoms with Gasteiger partial charge in [-0.25, -0.2) is 0 Å². The molecule has 1 aromatic rings. The molecule has 1 N–H and O–H groups in total. The van der Waals surface area contributed by atoms with Crippen molar-refractivity contribution in [2.24, 2.45) is 0 Å². The predicted molar refractivity (Wildman–Crippen MR) is 78.0 cm³/mol.